The second-order valence-corrected chi connectivity index (χ2v) is 6.84. The minimum Gasteiger partial charge on any atom is -0.466 e. The standard InChI is InChI=1S/C20H24N2O6/c1-5-27-20(25)17-15-8-12(19(24)26-4)10-22(3)18(15)14-9-13(28-11(2)23)6-7-16(14)21-17/h6-7,9-10,15,17-18,21H,5,8H2,1-4H3/t15-,17-,18+/m0/s1. The van der Waals surface area contributed by atoms with Crippen molar-refractivity contribution in [2.24, 2.45) is 5.92 Å². The second-order valence-electron chi connectivity index (χ2n) is 6.84. The van der Waals surface area contributed by atoms with Gasteiger partial charge in [-0.15, -0.1) is 0 Å². The smallest absolute Gasteiger partial charge is 0.335 e. The van der Waals surface area contributed by atoms with Crippen molar-refractivity contribution >= 4 is 23.6 Å². The van der Waals surface area contributed by atoms with Crippen molar-refractivity contribution in [3.05, 3.63) is 35.5 Å². The van der Waals surface area contributed by atoms with Gasteiger partial charge in [0.2, 0.25) is 0 Å². The summed E-state index contributed by atoms with van der Waals surface area (Å²) in [7, 11) is 3.17. The maximum atomic E-state index is 12.6. The quantitative estimate of drug-likeness (QED) is 0.618. The number of hydrogen-bond acceptors (Lipinski definition) is 8. The number of benzene rings is 1. The molecule has 0 radical (unpaired) electrons. The molecular weight excluding hydrogens is 364 g/mol. The molecule has 0 saturated carbocycles. The third-order valence-electron chi connectivity index (χ3n) is 4.99. The number of nitrogens with zero attached hydrogens (tertiary/aromatic N) is 1. The molecule has 0 aromatic heterocycles. The lowest BCUT2D eigenvalue weighted by molar-refractivity contribution is -0.147. The molecule has 0 saturated heterocycles. The van der Waals surface area contributed by atoms with E-state index in [1.165, 1.54) is 14.0 Å². The van der Waals surface area contributed by atoms with Crippen molar-refractivity contribution in [1.29, 1.82) is 0 Å². The molecule has 1 aromatic rings. The van der Waals surface area contributed by atoms with Crippen LogP contribution in [0.5, 0.6) is 5.75 Å². The lowest BCUT2D eigenvalue weighted by atomic mass is 9.76. The molecule has 3 atom stereocenters. The van der Waals surface area contributed by atoms with Gasteiger partial charge in [0.25, 0.3) is 0 Å². The molecule has 2 aliphatic heterocycles. The Kier molecular flexibility index (Phi) is 5.58. The van der Waals surface area contributed by atoms with Gasteiger partial charge in [-0.3, -0.25) is 4.79 Å². The Hall–Kier alpha value is -3.03. The molecular formula is C20H24N2O6. The largest absolute Gasteiger partial charge is 0.466 e. The van der Waals surface area contributed by atoms with Gasteiger partial charge < -0.3 is 24.4 Å². The van der Waals surface area contributed by atoms with Crippen LogP contribution in [-0.4, -0.2) is 49.6 Å². The molecule has 8 nitrogen and oxygen atoms in total. The van der Waals surface area contributed by atoms with E-state index in [0.717, 1.165) is 11.3 Å². The van der Waals surface area contributed by atoms with E-state index >= 15 is 0 Å². The normalized spacial score (nSPS) is 22.8. The predicted molar refractivity (Wildman–Crippen MR) is 101 cm³/mol. The summed E-state index contributed by atoms with van der Waals surface area (Å²) in [5, 5.41) is 3.24. The molecule has 0 bridgehead atoms. The molecule has 0 spiro atoms. The van der Waals surface area contributed by atoms with Gasteiger partial charge in [0.1, 0.15) is 11.8 Å². The van der Waals surface area contributed by atoms with Crippen molar-refractivity contribution in [2.45, 2.75) is 32.4 Å². The molecule has 3 rings (SSSR count). The van der Waals surface area contributed by atoms with Crippen LogP contribution in [0.25, 0.3) is 0 Å². The van der Waals surface area contributed by atoms with Gasteiger partial charge in [0.15, 0.2) is 0 Å². The Bertz CT molecular complexity index is 834. The van der Waals surface area contributed by atoms with Gasteiger partial charge in [0.05, 0.1) is 25.3 Å². The van der Waals surface area contributed by atoms with Crippen LogP contribution in [0.1, 0.15) is 31.9 Å². The van der Waals surface area contributed by atoms with Gasteiger partial charge in [-0.2, -0.15) is 0 Å². The number of methoxy groups -OCH3 is 1. The first-order valence-corrected chi connectivity index (χ1v) is 9.12. The fraction of sp³-hybridized carbons (Fsp3) is 0.450. The summed E-state index contributed by atoms with van der Waals surface area (Å²) in [5.74, 6) is -1.03. The average Bonchev–Trinajstić information content (AvgIpc) is 2.65. The van der Waals surface area contributed by atoms with Gasteiger partial charge in [-0.05, 0) is 31.5 Å². The summed E-state index contributed by atoms with van der Waals surface area (Å²) in [6, 6.07) is 4.43. The third kappa shape index (κ3) is 3.67. The average molecular weight is 388 g/mol. The van der Waals surface area contributed by atoms with Crippen molar-refractivity contribution < 1.29 is 28.6 Å². The van der Waals surface area contributed by atoms with E-state index in [1.807, 2.05) is 11.9 Å². The minimum absolute atomic E-state index is 0.199. The van der Waals surface area contributed by atoms with Crippen LogP contribution in [0.3, 0.4) is 0 Å². The van der Waals surface area contributed by atoms with Gasteiger partial charge >= 0.3 is 17.9 Å². The van der Waals surface area contributed by atoms with Gasteiger partial charge in [-0.25, -0.2) is 9.59 Å². The van der Waals surface area contributed by atoms with Crippen LogP contribution >= 0.6 is 0 Å². The summed E-state index contributed by atoms with van der Waals surface area (Å²) < 4.78 is 15.3. The number of rotatable bonds is 4. The third-order valence-corrected chi connectivity index (χ3v) is 4.99. The molecule has 1 aromatic carbocycles. The van der Waals surface area contributed by atoms with Crippen LogP contribution in [0.15, 0.2) is 30.0 Å². The number of ether oxygens (including phenoxy) is 3. The zero-order chi connectivity index (χ0) is 20.4. The number of anilines is 1. The highest BCUT2D eigenvalue weighted by Crippen LogP contribution is 2.47. The van der Waals surface area contributed by atoms with E-state index in [9.17, 15) is 14.4 Å². The molecule has 0 amide bonds. The SMILES string of the molecule is CCOC(=O)[C@H]1Nc2ccc(OC(C)=O)cc2[C@@H]2[C@H]1CC(C(=O)OC)=CN2C. The van der Waals surface area contributed by atoms with E-state index in [1.54, 1.807) is 31.3 Å². The van der Waals surface area contributed by atoms with E-state index in [0.29, 0.717) is 17.7 Å². The molecule has 28 heavy (non-hydrogen) atoms. The molecule has 0 unspecified atom stereocenters. The highest BCUT2D eigenvalue weighted by atomic mass is 16.5. The highest BCUT2D eigenvalue weighted by Gasteiger charge is 2.45. The fourth-order valence-electron chi connectivity index (χ4n) is 3.95. The summed E-state index contributed by atoms with van der Waals surface area (Å²) in [5.41, 5.74) is 2.13. The zero-order valence-electron chi connectivity index (χ0n) is 16.4. The number of fused-ring (bicyclic) bond motifs is 3. The molecule has 8 heteroatoms. The molecule has 1 N–H and O–H groups in total. The highest BCUT2D eigenvalue weighted by molar-refractivity contribution is 5.89. The molecule has 0 aliphatic carbocycles. The molecule has 0 fully saturated rings. The predicted octanol–water partition coefficient (Wildman–Crippen LogP) is 2.02. The van der Waals surface area contributed by atoms with E-state index in [-0.39, 0.29) is 24.5 Å². The monoisotopic (exact) mass is 388 g/mol. The maximum Gasteiger partial charge on any atom is 0.335 e. The van der Waals surface area contributed by atoms with Gasteiger partial charge in [0, 0.05) is 37.3 Å². The topological polar surface area (TPSA) is 94.2 Å². The van der Waals surface area contributed by atoms with E-state index in [4.69, 9.17) is 14.2 Å². The number of esters is 3. The fourth-order valence-corrected chi connectivity index (χ4v) is 3.95. The first kappa shape index (κ1) is 19.7. The van der Waals surface area contributed by atoms with Crippen LogP contribution in [0, 0.1) is 5.92 Å². The summed E-state index contributed by atoms with van der Waals surface area (Å²) in [4.78, 5) is 37.9. The van der Waals surface area contributed by atoms with Crippen LogP contribution in [-0.2, 0) is 23.9 Å². The molecule has 2 aliphatic rings. The van der Waals surface area contributed by atoms with E-state index < -0.39 is 18.0 Å². The summed E-state index contributed by atoms with van der Waals surface area (Å²) in [6.07, 6.45) is 2.10. The summed E-state index contributed by atoms with van der Waals surface area (Å²) >= 11 is 0. The van der Waals surface area contributed by atoms with Crippen LogP contribution in [0.2, 0.25) is 0 Å². The summed E-state index contributed by atoms with van der Waals surface area (Å²) in [6.45, 7) is 3.36. The number of nitrogens with one attached hydrogen (secondary N) is 1. The lowest BCUT2D eigenvalue weighted by Gasteiger charge is -2.46. The van der Waals surface area contributed by atoms with E-state index in [2.05, 4.69) is 5.32 Å². The Morgan fingerprint density at radius 2 is 2.04 bits per heavy atom. The van der Waals surface area contributed by atoms with Crippen molar-refractivity contribution in [3.8, 4) is 5.75 Å². The number of hydrogen-bond donors (Lipinski definition) is 1. The Balaban J connectivity index is 2.05. The van der Waals surface area contributed by atoms with Crippen molar-refractivity contribution in [3.63, 3.8) is 0 Å². The minimum atomic E-state index is -0.618. The maximum absolute atomic E-state index is 12.6. The Morgan fingerprint density at radius 3 is 2.68 bits per heavy atom. The zero-order valence-corrected chi connectivity index (χ0v) is 16.4. The second kappa shape index (κ2) is 7.92. The molecule has 150 valence electrons. The van der Waals surface area contributed by atoms with Crippen molar-refractivity contribution in [2.75, 3.05) is 26.1 Å². The van der Waals surface area contributed by atoms with Crippen molar-refractivity contribution in [1.82, 2.24) is 4.90 Å². The number of carbonyl (C=O) groups is 3. The Morgan fingerprint density at radius 1 is 1.29 bits per heavy atom. The van der Waals surface area contributed by atoms with Crippen LogP contribution in [0.4, 0.5) is 5.69 Å². The lowest BCUT2D eigenvalue weighted by Crippen LogP contribution is -2.49. The molecule has 2 heterocycles. The first-order valence-electron chi connectivity index (χ1n) is 9.12. The van der Waals surface area contributed by atoms with Crippen LogP contribution < -0.4 is 10.1 Å². The first-order chi connectivity index (χ1) is 13.3. The Labute approximate surface area is 163 Å². The van der Waals surface area contributed by atoms with Gasteiger partial charge in [-0.1, -0.05) is 0 Å². The number of carbonyl (C=O) groups excluding carboxylic acids is 3.